The van der Waals surface area contributed by atoms with E-state index in [1.807, 2.05) is 55.5 Å². The van der Waals surface area contributed by atoms with Crippen molar-refractivity contribution in [3.8, 4) is 11.3 Å². The van der Waals surface area contributed by atoms with Gasteiger partial charge in [0.05, 0.1) is 48.3 Å². The highest BCUT2D eigenvalue weighted by molar-refractivity contribution is 5.96. The van der Waals surface area contributed by atoms with Crippen LogP contribution in [0.1, 0.15) is 81.8 Å². The number of para-hydroxylation sites is 1. The molecular formula is C34H43N5O5. The SMILES string of the molecule is CCOC(=O)c1cc(-c2cccc3nc(C)c(NC(C)(C)C)nc23)[nH]c1C(COCc1ccccc1)NC(=O)OC(C)(C)C. The zero-order chi connectivity index (χ0) is 32.1. The van der Waals surface area contributed by atoms with Gasteiger partial charge in [0.15, 0.2) is 0 Å². The first kappa shape index (κ1) is 32.5. The lowest BCUT2D eigenvalue weighted by Crippen LogP contribution is -2.37. The predicted molar refractivity (Wildman–Crippen MR) is 172 cm³/mol. The van der Waals surface area contributed by atoms with Crippen molar-refractivity contribution in [2.75, 3.05) is 18.5 Å². The molecule has 4 aromatic rings. The van der Waals surface area contributed by atoms with Crippen molar-refractivity contribution >= 4 is 28.9 Å². The van der Waals surface area contributed by atoms with E-state index in [-0.39, 0.29) is 24.3 Å². The molecule has 234 valence electrons. The fourth-order valence-electron chi connectivity index (χ4n) is 4.64. The minimum absolute atomic E-state index is 0.0642. The van der Waals surface area contributed by atoms with Crippen molar-refractivity contribution in [3.05, 3.63) is 77.1 Å². The second kappa shape index (κ2) is 13.5. The zero-order valence-corrected chi connectivity index (χ0v) is 26.8. The molecule has 2 aromatic carbocycles. The standard InChI is InChI=1S/C34H43N5O5/c1-9-43-31(40)24-18-26(23-16-13-17-25-28(23)38-30(21(2)35-25)39-33(3,4)5)36-29(24)27(37-32(41)44-34(6,7)8)20-42-19-22-14-11-10-12-15-22/h10-18,27,36H,9,19-20H2,1-8H3,(H,37,41)(H,38,39). The largest absolute Gasteiger partial charge is 0.462 e. The van der Waals surface area contributed by atoms with Gasteiger partial charge in [0.2, 0.25) is 0 Å². The average Bonchev–Trinajstić information content (AvgIpc) is 3.37. The lowest BCUT2D eigenvalue weighted by atomic mass is 10.1. The van der Waals surface area contributed by atoms with Crippen molar-refractivity contribution in [2.45, 2.75) is 79.2 Å². The quantitative estimate of drug-likeness (QED) is 0.164. The van der Waals surface area contributed by atoms with Crippen molar-refractivity contribution in [1.29, 1.82) is 0 Å². The number of hydrogen-bond acceptors (Lipinski definition) is 8. The fourth-order valence-corrected chi connectivity index (χ4v) is 4.64. The number of aromatic nitrogens is 3. The van der Waals surface area contributed by atoms with Crippen LogP contribution in [0.25, 0.3) is 22.3 Å². The number of anilines is 1. The smallest absolute Gasteiger partial charge is 0.408 e. The van der Waals surface area contributed by atoms with Gasteiger partial charge in [0.25, 0.3) is 0 Å². The summed E-state index contributed by atoms with van der Waals surface area (Å²) < 4.78 is 17.0. The number of ether oxygens (including phenoxy) is 3. The van der Waals surface area contributed by atoms with Gasteiger partial charge in [0, 0.05) is 16.8 Å². The summed E-state index contributed by atoms with van der Waals surface area (Å²) in [7, 11) is 0. The Bertz CT molecular complexity index is 1600. The summed E-state index contributed by atoms with van der Waals surface area (Å²) in [6.45, 7) is 15.8. The predicted octanol–water partition coefficient (Wildman–Crippen LogP) is 7.10. The molecule has 0 saturated carbocycles. The Morgan fingerprint density at radius 1 is 0.977 bits per heavy atom. The van der Waals surface area contributed by atoms with Gasteiger partial charge in [-0.05, 0) is 73.1 Å². The number of amides is 1. The lowest BCUT2D eigenvalue weighted by molar-refractivity contribution is 0.0413. The molecule has 3 N–H and O–H groups in total. The van der Waals surface area contributed by atoms with E-state index in [9.17, 15) is 9.59 Å². The van der Waals surface area contributed by atoms with Gasteiger partial charge < -0.3 is 29.8 Å². The van der Waals surface area contributed by atoms with Crippen molar-refractivity contribution in [3.63, 3.8) is 0 Å². The van der Waals surface area contributed by atoms with Crippen LogP contribution in [-0.2, 0) is 20.8 Å². The van der Waals surface area contributed by atoms with E-state index in [4.69, 9.17) is 24.2 Å². The minimum atomic E-state index is -0.761. The molecule has 0 aliphatic carbocycles. The van der Waals surface area contributed by atoms with Crippen molar-refractivity contribution < 1.29 is 23.8 Å². The monoisotopic (exact) mass is 601 g/mol. The van der Waals surface area contributed by atoms with Crippen LogP contribution in [-0.4, -0.2) is 51.4 Å². The Kier molecular flexibility index (Phi) is 9.94. The molecule has 10 heteroatoms. The molecule has 0 spiro atoms. The van der Waals surface area contributed by atoms with E-state index in [2.05, 4.69) is 36.4 Å². The van der Waals surface area contributed by atoms with E-state index in [0.29, 0.717) is 34.8 Å². The lowest BCUT2D eigenvalue weighted by Gasteiger charge is -2.24. The van der Waals surface area contributed by atoms with E-state index in [1.54, 1.807) is 33.8 Å². The zero-order valence-electron chi connectivity index (χ0n) is 26.8. The molecule has 1 unspecified atom stereocenters. The Labute approximate surface area is 258 Å². The van der Waals surface area contributed by atoms with E-state index < -0.39 is 23.7 Å². The maximum Gasteiger partial charge on any atom is 0.408 e. The summed E-state index contributed by atoms with van der Waals surface area (Å²) in [5.74, 6) is 0.148. The number of carbonyl (C=O) groups excluding carboxylic acids is 2. The van der Waals surface area contributed by atoms with Crippen molar-refractivity contribution in [2.24, 2.45) is 0 Å². The number of fused-ring (bicyclic) bond motifs is 1. The maximum atomic E-state index is 13.3. The third kappa shape index (κ3) is 8.57. The molecule has 0 bridgehead atoms. The second-order valence-electron chi connectivity index (χ2n) is 12.6. The van der Waals surface area contributed by atoms with Crippen molar-refractivity contribution in [1.82, 2.24) is 20.3 Å². The molecule has 4 rings (SSSR count). The van der Waals surface area contributed by atoms with Crippen LogP contribution in [0.15, 0.2) is 54.6 Å². The summed E-state index contributed by atoms with van der Waals surface area (Å²) in [5.41, 5.74) is 4.25. The van der Waals surface area contributed by atoms with Gasteiger partial charge >= 0.3 is 12.1 Å². The number of alkyl carbamates (subject to hydrolysis) is 1. The molecule has 1 amide bonds. The van der Waals surface area contributed by atoms with Crippen LogP contribution in [0, 0.1) is 6.92 Å². The number of carbonyl (C=O) groups is 2. The molecule has 0 saturated heterocycles. The highest BCUT2D eigenvalue weighted by Gasteiger charge is 2.28. The summed E-state index contributed by atoms with van der Waals surface area (Å²) in [4.78, 5) is 39.4. The third-order valence-electron chi connectivity index (χ3n) is 6.43. The van der Waals surface area contributed by atoms with E-state index in [0.717, 1.165) is 16.8 Å². The molecule has 0 radical (unpaired) electrons. The molecule has 1 atom stereocenters. The summed E-state index contributed by atoms with van der Waals surface area (Å²) in [6, 6.07) is 16.4. The number of nitrogens with zero attached hydrogens (tertiary/aromatic N) is 2. The Hall–Kier alpha value is -4.44. The first-order valence-corrected chi connectivity index (χ1v) is 14.8. The van der Waals surface area contributed by atoms with Gasteiger partial charge in [-0.3, -0.25) is 0 Å². The van der Waals surface area contributed by atoms with Gasteiger partial charge in [-0.1, -0.05) is 42.5 Å². The maximum absolute atomic E-state index is 13.3. The molecule has 10 nitrogen and oxygen atoms in total. The minimum Gasteiger partial charge on any atom is -0.462 e. The molecule has 2 heterocycles. The number of aryl methyl sites for hydroxylation is 1. The Morgan fingerprint density at radius 3 is 2.36 bits per heavy atom. The summed E-state index contributed by atoms with van der Waals surface area (Å²) in [6.07, 6.45) is -0.638. The number of aromatic amines is 1. The Balaban J connectivity index is 1.79. The third-order valence-corrected chi connectivity index (χ3v) is 6.43. The van der Waals surface area contributed by atoms with Crippen LogP contribution in [0.2, 0.25) is 0 Å². The number of hydrogen-bond donors (Lipinski definition) is 3. The second-order valence-corrected chi connectivity index (χ2v) is 12.6. The highest BCUT2D eigenvalue weighted by Crippen LogP contribution is 2.32. The molecule has 2 aromatic heterocycles. The molecule has 0 aliphatic heterocycles. The van der Waals surface area contributed by atoms with E-state index >= 15 is 0 Å². The fraction of sp³-hybridized carbons (Fsp3) is 0.412. The molecule has 44 heavy (non-hydrogen) atoms. The number of esters is 1. The average molecular weight is 602 g/mol. The molecule has 0 fully saturated rings. The van der Waals surface area contributed by atoms with Gasteiger partial charge in [-0.15, -0.1) is 0 Å². The number of benzene rings is 2. The first-order valence-electron chi connectivity index (χ1n) is 14.8. The topological polar surface area (TPSA) is 127 Å². The number of H-pyrrole nitrogens is 1. The van der Waals surface area contributed by atoms with Crippen LogP contribution < -0.4 is 10.6 Å². The molecular weight excluding hydrogens is 558 g/mol. The van der Waals surface area contributed by atoms with Gasteiger partial charge in [-0.25, -0.2) is 19.6 Å². The van der Waals surface area contributed by atoms with Gasteiger partial charge in [-0.2, -0.15) is 0 Å². The number of rotatable bonds is 10. The van der Waals surface area contributed by atoms with Crippen LogP contribution in [0.3, 0.4) is 0 Å². The van der Waals surface area contributed by atoms with Crippen LogP contribution in [0.4, 0.5) is 10.6 Å². The molecule has 0 aliphatic rings. The first-order chi connectivity index (χ1) is 20.7. The van der Waals surface area contributed by atoms with E-state index in [1.165, 1.54) is 0 Å². The van der Waals surface area contributed by atoms with Crippen LogP contribution >= 0.6 is 0 Å². The Morgan fingerprint density at radius 2 is 1.70 bits per heavy atom. The summed E-state index contributed by atoms with van der Waals surface area (Å²) >= 11 is 0. The van der Waals surface area contributed by atoms with Gasteiger partial charge in [0.1, 0.15) is 16.9 Å². The number of nitrogens with one attached hydrogen (secondary N) is 3. The van der Waals surface area contributed by atoms with Crippen LogP contribution in [0.5, 0.6) is 0 Å². The highest BCUT2D eigenvalue weighted by atomic mass is 16.6. The summed E-state index contributed by atoms with van der Waals surface area (Å²) in [5, 5.41) is 6.33. The normalized spacial score (nSPS) is 12.5.